The second-order valence-corrected chi connectivity index (χ2v) is 5.80. The Morgan fingerprint density at radius 2 is 2.25 bits per heavy atom. The van der Waals surface area contributed by atoms with Crippen molar-refractivity contribution in [2.24, 2.45) is 11.7 Å². The molecular weight excluding hydrogens is 250 g/mol. The molecule has 4 heteroatoms. The van der Waals surface area contributed by atoms with E-state index in [4.69, 9.17) is 5.73 Å². The number of hydrogen-bond acceptors (Lipinski definition) is 3. The fourth-order valence-electron chi connectivity index (χ4n) is 2.42. The molecule has 1 fully saturated rings. The fourth-order valence-corrected chi connectivity index (χ4v) is 2.42. The number of aromatic nitrogens is 1. The van der Waals surface area contributed by atoms with Gasteiger partial charge in [-0.2, -0.15) is 0 Å². The molecule has 2 rings (SSSR count). The first-order chi connectivity index (χ1) is 9.70. The first-order valence-corrected chi connectivity index (χ1v) is 7.60. The molecule has 0 saturated heterocycles. The lowest BCUT2D eigenvalue weighted by atomic mass is 10.0. The van der Waals surface area contributed by atoms with Crippen molar-refractivity contribution in [1.29, 1.82) is 0 Å². The maximum absolute atomic E-state index is 12.4. The van der Waals surface area contributed by atoms with Gasteiger partial charge in [0.1, 0.15) is 0 Å². The standard InChI is InChI=1S/C16H25N3O/c1-13(9-10-17)5-8-16(20)19(15-6-7-15)12-14-4-2-3-11-18-14/h2-4,11,13,15H,5-10,12,17H2,1H3. The smallest absolute Gasteiger partial charge is 0.223 e. The van der Waals surface area contributed by atoms with Gasteiger partial charge in [-0.05, 0) is 50.3 Å². The largest absolute Gasteiger partial charge is 0.334 e. The van der Waals surface area contributed by atoms with Crippen molar-refractivity contribution in [3.8, 4) is 0 Å². The van der Waals surface area contributed by atoms with Gasteiger partial charge >= 0.3 is 0 Å². The van der Waals surface area contributed by atoms with Crippen molar-refractivity contribution in [1.82, 2.24) is 9.88 Å². The Morgan fingerprint density at radius 1 is 1.45 bits per heavy atom. The highest BCUT2D eigenvalue weighted by atomic mass is 16.2. The number of hydrogen-bond donors (Lipinski definition) is 1. The molecule has 1 amide bonds. The minimum absolute atomic E-state index is 0.266. The minimum Gasteiger partial charge on any atom is -0.334 e. The lowest BCUT2D eigenvalue weighted by Crippen LogP contribution is -2.33. The summed E-state index contributed by atoms with van der Waals surface area (Å²) in [5.41, 5.74) is 6.53. The third kappa shape index (κ3) is 4.60. The molecule has 0 aliphatic heterocycles. The third-order valence-corrected chi connectivity index (χ3v) is 3.88. The Balaban J connectivity index is 1.86. The summed E-state index contributed by atoms with van der Waals surface area (Å²) in [6.45, 7) is 3.52. The van der Waals surface area contributed by atoms with E-state index in [1.54, 1.807) is 6.20 Å². The molecule has 0 aromatic carbocycles. The number of amides is 1. The van der Waals surface area contributed by atoms with E-state index >= 15 is 0 Å². The van der Waals surface area contributed by atoms with Gasteiger partial charge in [-0.25, -0.2) is 0 Å². The molecule has 0 bridgehead atoms. The molecule has 0 spiro atoms. The van der Waals surface area contributed by atoms with Crippen molar-refractivity contribution in [3.63, 3.8) is 0 Å². The summed E-state index contributed by atoms with van der Waals surface area (Å²) in [5, 5.41) is 0. The van der Waals surface area contributed by atoms with Gasteiger partial charge in [0, 0.05) is 18.7 Å². The maximum atomic E-state index is 12.4. The van der Waals surface area contributed by atoms with Gasteiger partial charge in [-0.3, -0.25) is 9.78 Å². The van der Waals surface area contributed by atoms with Crippen LogP contribution in [0.2, 0.25) is 0 Å². The summed E-state index contributed by atoms with van der Waals surface area (Å²) in [5.74, 6) is 0.793. The molecule has 2 N–H and O–H groups in total. The van der Waals surface area contributed by atoms with Gasteiger partial charge in [-0.1, -0.05) is 13.0 Å². The molecule has 1 heterocycles. The van der Waals surface area contributed by atoms with Crippen molar-refractivity contribution in [2.45, 2.75) is 51.6 Å². The summed E-state index contributed by atoms with van der Waals surface area (Å²) in [6.07, 6.45) is 6.62. The summed E-state index contributed by atoms with van der Waals surface area (Å²) in [7, 11) is 0. The highest BCUT2D eigenvalue weighted by Crippen LogP contribution is 2.29. The SMILES string of the molecule is CC(CCN)CCC(=O)N(Cc1ccccn1)C1CC1. The molecule has 1 aliphatic rings. The molecule has 1 unspecified atom stereocenters. The Morgan fingerprint density at radius 3 is 2.85 bits per heavy atom. The number of nitrogens with two attached hydrogens (primary N) is 1. The zero-order valence-corrected chi connectivity index (χ0v) is 12.3. The van der Waals surface area contributed by atoms with Crippen LogP contribution < -0.4 is 5.73 Å². The molecule has 110 valence electrons. The number of rotatable bonds is 8. The van der Waals surface area contributed by atoms with E-state index < -0.39 is 0 Å². The number of pyridine rings is 1. The minimum atomic E-state index is 0.266. The van der Waals surface area contributed by atoms with E-state index in [1.165, 1.54) is 0 Å². The molecule has 0 radical (unpaired) electrons. The molecule has 1 aliphatic carbocycles. The van der Waals surface area contributed by atoms with Crippen LogP contribution in [0, 0.1) is 5.92 Å². The highest BCUT2D eigenvalue weighted by molar-refractivity contribution is 5.76. The third-order valence-electron chi connectivity index (χ3n) is 3.88. The first-order valence-electron chi connectivity index (χ1n) is 7.60. The number of carbonyl (C=O) groups is 1. The lowest BCUT2D eigenvalue weighted by Gasteiger charge is -2.23. The van der Waals surface area contributed by atoms with E-state index in [0.29, 0.717) is 31.5 Å². The van der Waals surface area contributed by atoms with Crippen LogP contribution in [0.15, 0.2) is 24.4 Å². The summed E-state index contributed by atoms with van der Waals surface area (Å²) >= 11 is 0. The van der Waals surface area contributed by atoms with E-state index in [-0.39, 0.29) is 5.91 Å². The Kier molecular flexibility index (Phi) is 5.53. The topological polar surface area (TPSA) is 59.2 Å². The monoisotopic (exact) mass is 275 g/mol. The van der Waals surface area contributed by atoms with Crippen LogP contribution in [0.4, 0.5) is 0 Å². The normalized spacial score (nSPS) is 15.9. The van der Waals surface area contributed by atoms with Gasteiger partial charge in [0.2, 0.25) is 5.91 Å². The van der Waals surface area contributed by atoms with Crippen LogP contribution in [-0.2, 0) is 11.3 Å². The van der Waals surface area contributed by atoms with Crippen LogP contribution in [0.1, 0.15) is 44.7 Å². The van der Waals surface area contributed by atoms with Gasteiger partial charge in [0.15, 0.2) is 0 Å². The zero-order chi connectivity index (χ0) is 14.4. The Bertz CT molecular complexity index is 417. The van der Waals surface area contributed by atoms with E-state index in [1.807, 2.05) is 23.1 Å². The molecule has 1 atom stereocenters. The average molecular weight is 275 g/mol. The van der Waals surface area contributed by atoms with Crippen LogP contribution in [0.3, 0.4) is 0 Å². The maximum Gasteiger partial charge on any atom is 0.223 e. The average Bonchev–Trinajstić information content (AvgIpc) is 3.28. The first kappa shape index (κ1) is 15.0. The van der Waals surface area contributed by atoms with Crippen LogP contribution in [0.5, 0.6) is 0 Å². The zero-order valence-electron chi connectivity index (χ0n) is 12.3. The van der Waals surface area contributed by atoms with Gasteiger partial charge in [-0.15, -0.1) is 0 Å². The molecule has 4 nitrogen and oxygen atoms in total. The molecule has 1 aromatic heterocycles. The van der Waals surface area contributed by atoms with E-state index in [0.717, 1.165) is 31.4 Å². The Hall–Kier alpha value is -1.42. The summed E-state index contributed by atoms with van der Waals surface area (Å²) in [6, 6.07) is 6.30. The van der Waals surface area contributed by atoms with Crippen LogP contribution in [-0.4, -0.2) is 28.4 Å². The second-order valence-electron chi connectivity index (χ2n) is 5.80. The van der Waals surface area contributed by atoms with Gasteiger partial charge in [0.25, 0.3) is 0 Å². The lowest BCUT2D eigenvalue weighted by molar-refractivity contribution is -0.132. The Labute approximate surface area is 121 Å². The number of nitrogens with zero attached hydrogens (tertiary/aromatic N) is 2. The predicted molar refractivity (Wildman–Crippen MR) is 79.9 cm³/mol. The predicted octanol–water partition coefficient (Wildman–Crippen LogP) is 2.34. The van der Waals surface area contributed by atoms with Crippen molar-refractivity contribution >= 4 is 5.91 Å². The summed E-state index contributed by atoms with van der Waals surface area (Å²) in [4.78, 5) is 18.7. The number of carbonyl (C=O) groups excluding carboxylic acids is 1. The van der Waals surface area contributed by atoms with Crippen molar-refractivity contribution in [3.05, 3.63) is 30.1 Å². The molecule has 1 aromatic rings. The van der Waals surface area contributed by atoms with Crippen molar-refractivity contribution < 1.29 is 4.79 Å². The van der Waals surface area contributed by atoms with E-state index in [2.05, 4.69) is 11.9 Å². The molecule has 1 saturated carbocycles. The second kappa shape index (κ2) is 7.39. The van der Waals surface area contributed by atoms with Gasteiger partial charge < -0.3 is 10.6 Å². The molecular formula is C16H25N3O. The molecule has 20 heavy (non-hydrogen) atoms. The van der Waals surface area contributed by atoms with Crippen LogP contribution in [0.25, 0.3) is 0 Å². The summed E-state index contributed by atoms with van der Waals surface area (Å²) < 4.78 is 0. The van der Waals surface area contributed by atoms with Crippen LogP contribution >= 0.6 is 0 Å². The van der Waals surface area contributed by atoms with Gasteiger partial charge in [0.05, 0.1) is 12.2 Å². The van der Waals surface area contributed by atoms with E-state index in [9.17, 15) is 4.79 Å². The van der Waals surface area contributed by atoms with Crippen molar-refractivity contribution in [2.75, 3.05) is 6.54 Å². The quantitative estimate of drug-likeness (QED) is 0.792. The highest BCUT2D eigenvalue weighted by Gasteiger charge is 2.32. The fraction of sp³-hybridized carbons (Fsp3) is 0.625.